The number of rotatable bonds is 2. The quantitative estimate of drug-likeness (QED) is 0.719. The van der Waals surface area contributed by atoms with Gasteiger partial charge < -0.3 is 0 Å². The number of hydrogen-bond acceptors (Lipinski definition) is 2. The fourth-order valence-corrected chi connectivity index (χ4v) is 2.68. The Bertz CT molecular complexity index is 599. The molecule has 2 aromatic rings. The zero-order valence-electron chi connectivity index (χ0n) is 10.8. The van der Waals surface area contributed by atoms with Gasteiger partial charge in [0, 0.05) is 17.3 Å². The fourth-order valence-electron chi connectivity index (χ4n) is 2.68. The normalized spacial score (nSPS) is 15.2. The average molecular weight is 238 g/mol. The number of aliphatic imine (C=N–C) groups is 1. The minimum Gasteiger partial charge on any atom is -0.260 e. The van der Waals surface area contributed by atoms with E-state index in [1.807, 2.05) is 6.21 Å². The maximum atomic E-state index is 4.81. The molecule has 1 aliphatic rings. The van der Waals surface area contributed by atoms with Gasteiger partial charge in [-0.3, -0.25) is 9.98 Å². The molecule has 1 aliphatic carbocycles. The minimum absolute atomic E-state index is 0.978. The second-order valence-electron chi connectivity index (χ2n) is 4.83. The monoisotopic (exact) mass is 238 g/mol. The van der Waals surface area contributed by atoms with Gasteiger partial charge in [-0.05, 0) is 43.7 Å². The van der Waals surface area contributed by atoms with Crippen LogP contribution in [0.25, 0.3) is 10.9 Å². The van der Waals surface area contributed by atoms with Crippen LogP contribution in [0.3, 0.4) is 0 Å². The SMILES string of the molecule is CCC=Nc1c2c(nc3ccccc13)CCCC2. The molecule has 0 bridgehead atoms. The molecule has 0 amide bonds. The Morgan fingerprint density at radius 3 is 2.94 bits per heavy atom. The van der Waals surface area contributed by atoms with Gasteiger partial charge in [0.2, 0.25) is 0 Å². The van der Waals surface area contributed by atoms with E-state index in [-0.39, 0.29) is 0 Å². The molecule has 18 heavy (non-hydrogen) atoms. The molecule has 92 valence electrons. The number of nitrogens with zero attached hydrogens (tertiary/aromatic N) is 2. The van der Waals surface area contributed by atoms with Crippen molar-refractivity contribution in [2.75, 3.05) is 0 Å². The van der Waals surface area contributed by atoms with Crippen LogP contribution in [0, 0.1) is 0 Å². The first-order valence-electron chi connectivity index (χ1n) is 6.83. The second kappa shape index (κ2) is 4.89. The highest BCUT2D eigenvalue weighted by atomic mass is 14.8. The number of pyridine rings is 1. The summed E-state index contributed by atoms with van der Waals surface area (Å²) < 4.78 is 0. The van der Waals surface area contributed by atoms with E-state index in [4.69, 9.17) is 9.98 Å². The van der Waals surface area contributed by atoms with Gasteiger partial charge in [-0.25, -0.2) is 0 Å². The predicted molar refractivity (Wildman–Crippen MR) is 76.8 cm³/mol. The van der Waals surface area contributed by atoms with Gasteiger partial charge in [-0.2, -0.15) is 0 Å². The van der Waals surface area contributed by atoms with Crippen molar-refractivity contribution in [3.8, 4) is 0 Å². The third-order valence-electron chi connectivity index (χ3n) is 3.54. The molecule has 0 atom stereocenters. The third-order valence-corrected chi connectivity index (χ3v) is 3.54. The van der Waals surface area contributed by atoms with Crippen molar-refractivity contribution in [2.45, 2.75) is 39.0 Å². The summed E-state index contributed by atoms with van der Waals surface area (Å²) in [4.78, 5) is 9.51. The van der Waals surface area contributed by atoms with Gasteiger partial charge in [0.05, 0.1) is 11.2 Å². The van der Waals surface area contributed by atoms with Crippen molar-refractivity contribution >= 4 is 22.8 Å². The summed E-state index contributed by atoms with van der Waals surface area (Å²) in [7, 11) is 0. The molecule has 0 radical (unpaired) electrons. The van der Waals surface area contributed by atoms with Crippen LogP contribution < -0.4 is 0 Å². The number of benzene rings is 1. The molecule has 0 saturated heterocycles. The minimum atomic E-state index is 0.978. The van der Waals surface area contributed by atoms with Gasteiger partial charge >= 0.3 is 0 Å². The van der Waals surface area contributed by atoms with Gasteiger partial charge in [-0.1, -0.05) is 25.1 Å². The Balaban J connectivity index is 2.28. The van der Waals surface area contributed by atoms with Crippen molar-refractivity contribution in [1.29, 1.82) is 0 Å². The Hall–Kier alpha value is -1.70. The van der Waals surface area contributed by atoms with Crippen LogP contribution in [-0.2, 0) is 12.8 Å². The molecule has 1 aromatic heterocycles. The lowest BCUT2D eigenvalue weighted by atomic mass is 9.93. The van der Waals surface area contributed by atoms with Crippen LogP contribution in [0.2, 0.25) is 0 Å². The molecule has 0 N–H and O–H groups in total. The van der Waals surface area contributed by atoms with E-state index in [0.29, 0.717) is 0 Å². The van der Waals surface area contributed by atoms with Crippen LogP contribution in [0.1, 0.15) is 37.4 Å². The molecule has 1 heterocycles. The second-order valence-corrected chi connectivity index (χ2v) is 4.83. The molecule has 2 heteroatoms. The highest BCUT2D eigenvalue weighted by molar-refractivity contribution is 5.93. The van der Waals surface area contributed by atoms with E-state index in [2.05, 4.69) is 31.2 Å². The van der Waals surface area contributed by atoms with E-state index in [9.17, 15) is 0 Å². The Labute approximate surface area is 108 Å². The van der Waals surface area contributed by atoms with Crippen molar-refractivity contribution in [3.63, 3.8) is 0 Å². The van der Waals surface area contributed by atoms with Gasteiger partial charge in [0.1, 0.15) is 0 Å². The highest BCUT2D eigenvalue weighted by Crippen LogP contribution is 2.34. The fraction of sp³-hybridized carbons (Fsp3) is 0.375. The number of aromatic nitrogens is 1. The molecule has 2 nitrogen and oxygen atoms in total. The summed E-state index contributed by atoms with van der Waals surface area (Å²) in [5.41, 5.74) is 4.89. The van der Waals surface area contributed by atoms with E-state index < -0.39 is 0 Å². The number of aryl methyl sites for hydroxylation is 1. The molecule has 0 aliphatic heterocycles. The number of fused-ring (bicyclic) bond motifs is 2. The Morgan fingerprint density at radius 1 is 1.22 bits per heavy atom. The summed E-state index contributed by atoms with van der Waals surface area (Å²) in [6, 6.07) is 8.36. The zero-order chi connectivity index (χ0) is 12.4. The molecule has 0 saturated carbocycles. The Kier molecular flexibility index (Phi) is 3.09. The standard InChI is InChI=1S/C16H18N2/c1-2-11-17-16-12-7-3-5-9-14(12)18-15-10-6-4-8-13(15)16/h3,5,7,9,11H,2,4,6,8,10H2,1H3. The van der Waals surface area contributed by atoms with E-state index >= 15 is 0 Å². The van der Waals surface area contributed by atoms with Crippen molar-refractivity contribution < 1.29 is 0 Å². The lowest BCUT2D eigenvalue weighted by Gasteiger charge is -2.18. The van der Waals surface area contributed by atoms with Crippen molar-refractivity contribution in [2.24, 2.45) is 4.99 Å². The van der Waals surface area contributed by atoms with E-state index in [1.54, 1.807) is 0 Å². The van der Waals surface area contributed by atoms with E-state index in [1.165, 1.54) is 29.5 Å². The van der Waals surface area contributed by atoms with Crippen LogP contribution >= 0.6 is 0 Å². The van der Waals surface area contributed by atoms with Crippen LogP contribution in [-0.4, -0.2) is 11.2 Å². The van der Waals surface area contributed by atoms with Gasteiger partial charge in [0.15, 0.2) is 0 Å². The molecule has 0 spiro atoms. The predicted octanol–water partition coefficient (Wildman–Crippen LogP) is 4.23. The number of hydrogen-bond donors (Lipinski definition) is 0. The van der Waals surface area contributed by atoms with E-state index in [0.717, 1.165) is 30.5 Å². The van der Waals surface area contributed by atoms with Crippen LogP contribution in [0.4, 0.5) is 5.69 Å². The summed E-state index contributed by atoms with van der Waals surface area (Å²) in [5.74, 6) is 0. The molecular weight excluding hydrogens is 220 g/mol. The first kappa shape index (κ1) is 11.4. The molecule has 3 rings (SSSR count). The largest absolute Gasteiger partial charge is 0.260 e. The van der Waals surface area contributed by atoms with Crippen LogP contribution in [0.15, 0.2) is 29.3 Å². The van der Waals surface area contributed by atoms with Gasteiger partial charge in [-0.15, -0.1) is 0 Å². The molecule has 0 fully saturated rings. The topological polar surface area (TPSA) is 25.2 Å². The molecule has 0 unspecified atom stereocenters. The van der Waals surface area contributed by atoms with Crippen LogP contribution in [0.5, 0.6) is 0 Å². The lowest BCUT2D eigenvalue weighted by molar-refractivity contribution is 0.672. The smallest absolute Gasteiger partial charge is 0.0769 e. The average Bonchev–Trinajstić information content (AvgIpc) is 2.43. The molecule has 1 aromatic carbocycles. The number of para-hydroxylation sites is 1. The lowest BCUT2D eigenvalue weighted by Crippen LogP contribution is -2.06. The maximum Gasteiger partial charge on any atom is 0.0769 e. The highest BCUT2D eigenvalue weighted by Gasteiger charge is 2.17. The summed E-state index contributed by atoms with van der Waals surface area (Å²) >= 11 is 0. The van der Waals surface area contributed by atoms with Crippen molar-refractivity contribution in [1.82, 2.24) is 4.98 Å². The Morgan fingerprint density at radius 2 is 2.06 bits per heavy atom. The summed E-state index contributed by atoms with van der Waals surface area (Å²) in [6.07, 6.45) is 7.75. The zero-order valence-corrected chi connectivity index (χ0v) is 10.8. The summed E-state index contributed by atoms with van der Waals surface area (Å²) in [6.45, 7) is 2.12. The third kappa shape index (κ3) is 1.92. The maximum absolute atomic E-state index is 4.81. The van der Waals surface area contributed by atoms with Crippen molar-refractivity contribution in [3.05, 3.63) is 35.5 Å². The summed E-state index contributed by atoms with van der Waals surface area (Å²) in [5, 5.41) is 1.20. The first-order valence-corrected chi connectivity index (χ1v) is 6.83. The first-order chi connectivity index (χ1) is 8.90. The van der Waals surface area contributed by atoms with Gasteiger partial charge in [0.25, 0.3) is 0 Å². The molecular formula is C16H18N2.